The Morgan fingerprint density at radius 1 is 1.14 bits per heavy atom. The first-order chi connectivity index (χ1) is 13.9. The molecular formula is C21H21F2N3O3. The first kappa shape index (κ1) is 21.8. The number of hydrogen-bond acceptors (Lipinski definition) is 4. The van der Waals surface area contributed by atoms with Crippen LogP contribution in [-0.4, -0.2) is 25.0 Å². The van der Waals surface area contributed by atoms with Crippen LogP contribution < -0.4 is 15.0 Å². The largest absolute Gasteiger partial charge is 0.434 e. The standard InChI is InChI=1S/C21H21F2N3O3/c1-15-17(9-5-10-18(15)29-21(22)23)25-19(27)11-12-20(28)26(14-6-13-24)16-7-3-2-4-8-16/h2-5,7-10,21H,6,11-12,14H2,1H3,(H,25,27). The normalized spacial score (nSPS) is 10.3. The first-order valence-corrected chi connectivity index (χ1v) is 8.99. The van der Waals surface area contributed by atoms with E-state index >= 15 is 0 Å². The number of ether oxygens (including phenoxy) is 1. The van der Waals surface area contributed by atoms with Crippen molar-refractivity contribution in [2.24, 2.45) is 0 Å². The van der Waals surface area contributed by atoms with Crippen LogP contribution in [0, 0.1) is 18.3 Å². The van der Waals surface area contributed by atoms with Crippen LogP contribution in [0.5, 0.6) is 5.75 Å². The Hall–Kier alpha value is -3.47. The van der Waals surface area contributed by atoms with Crippen molar-refractivity contribution in [1.29, 1.82) is 5.26 Å². The highest BCUT2D eigenvalue weighted by Crippen LogP contribution is 2.27. The topological polar surface area (TPSA) is 82.4 Å². The van der Waals surface area contributed by atoms with E-state index in [0.29, 0.717) is 16.9 Å². The molecule has 1 N–H and O–H groups in total. The Labute approximate surface area is 167 Å². The zero-order valence-electron chi connectivity index (χ0n) is 15.9. The molecule has 2 aromatic carbocycles. The number of para-hydroxylation sites is 1. The molecule has 0 unspecified atom stereocenters. The highest BCUT2D eigenvalue weighted by molar-refractivity contribution is 5.98. The lowest BCUT2D eigenvalue weighted by Gasteiger charge is -2.21. The third kappa shape index (κ3) is 6.57. The second-order valence-electron chi connectivity index (χ2n) is 6.14. The van der Waals surface area contributed by atoms with Crippen LogP contribution in [0.3, 0.4) is 0 Å². The quantitative estimate of drug-likeness (QED) is 0.681. The summed E-state index contributed by atoms with van der Waals surface area (Å²) in [6.45, 7) is -1.18. The van der Waals surface area contributed by atoms with Gasteiger partial charge in [0.05, 0.1) is 12.5 Å². The number of benzene rings is 2. The number of amides is 2. The molecule has 0 saturated carbocycles. The van der Waals surface area contributed by atoms with Gasteiger partial charge in [0.2, 0.25) is 11.8 Å². The summed E-state index contributed by atoms with van der Waals surface area (Å²) in [7, 11) is 0. The molecule has 2 aromatic rings. The van der Waals surface area contributed by atoms with E-state index in [1.165, 1.54) is 17.0 Å². The van der Waals surface area contributed by atoms with Gasteiger partial charge in [0.1, 0.15) is 5.75 Å². The monoisotopic (exact) mass is 401 g/mol. The average molecular weight is 401 g/mol. The predicted molar refractivity (Wildman–Crippen MR) is 105 cm³/mol. The number of nitrogens with one attached hydrogen (secondary N) is 1. The van der Waals surface area contributed by atoms with E-state index in [-0.39, 0.29) is 37.5 Å². The van der Waals surface area contributed by atoms with E-state index in [0.717, 1.165) is 0 Å². The van der Waals surface area contributed by atoms with Crippen molar-refractivity contribution < 1.29 is 23.1 Å². The van der Waals surface area contributed by atoms with Crippen molar-refractivity contribution in [3.63, 3.8) is 0 Å². The van der Waals surface area contributed by atoms with Gasteiger partial charge in [-0.05, 0) is 31.2 Å². The Morgan fingerprint density at radius 2 is 1.86 bits per heavy atom. The van der Waals surface area contributed by atoms with Gasteiger partial charge in [0.15, 0.2) is 0 Å². The van der Waals surface area contributed by atoms with E-state index < -0.39 is 12.5 Å². The Morgan fingerprint density at radius 3 is 2.52 bits per heavy atom. The lowest BCUT2D eigenvalue weighted by molar-refractivity contribution is -0.122. The van der Waals surface area contributed by atoms with Gasteiger partial charge in [-0.15, -0.1) is 0 Å². The molecule has 0 aromatic heterocycles. The number of hydrogen-bond donors (Lipinski definition) is 1. The van der Waals surface area contributed by atoms with Crippen molar-refractivity contribution in [2.45, 2.75) is 32.8 Å². The van der Waals surface area contributed by atoms with Crippen molar-refractivity contribution >= 4 is 23.2 Å². The van der Waals surface area contributed by atoms with Gasteiger partial charge in [-0.1, -0.05) is 24.3 Å². The maximum atomic E-state index is 12.6. The average Bonchev–Trinajstić information content (AvgIpc) is 2.70. The van der Waals surface area contributed by atoms with E-state index in [2.05, 4.69) is 10.1 Å². The lowest BCUT2D eigenvalue weighted by atomic mass is 10.1. The molecule has 2 rings (SSSR count). The molecule has 8 heteroatoms. The minimum atomic E-state index is -2.96. The molecule has 0 radical (unpaired) electrons. The second kappa shape index (κ2) is 10.8. The van der Waals surface area contributed by atoms with E-state index in [4.69, 9.17) is 5.26 Å². The van der Waals surface area contributed by atoms with Crippen molar-refractivity contribution in [2.75, 3.05) is 16.8 Å². The number of carbonyl (C=O) groups excluding carboxylic acids is 2. The van der Waals surface area contributed by atoms with Crippen molar-refractivity contribution in [1.82, 2.24) is 0 Å². The number of halogens is 2. The highest BCUT2D eigenvalue weighted by Gasteiger charge is 2.17. The predicted octanol–water partition coefficient (Wildman–Crippen LogP) is 4.26. The van der Waals surface area contributed by atoms with Crippen LogP contribution in [0.2, 0.25) is 0 Å². The van der Waals surface area contributed by atoms with Gasteiger partial charge in [-0.2, -0.15) is 14.0 Å². The third-order valence-corrected chi connectivity index (χ3v) is 4.16. The summed E-state index contributed by atoms with van der Waals surface area (Å²) in [6.07, 6.45) is 0.0233. The molecule has 0 aliphatic carbocycles. The van der Waals surface area contributed by atoms with Gasteiger partial charge >= 0.3 is 6.61 Å². The van der Waals surface area contributed by atoms with Gasteiger partial charge < -0.3 is 15.0 Å². The third-order valence-electron chi connectivity index (χ3n) is 4.16. The molecule has 0 saturated heterocycles. The van der Waals surface area contributed by atoms with Gasteiger partial charge in [-0.25, -0.2) is 0 Å². The summed E-state index contributed by atoms with van der Waals surface area (Å²) in [6, 6.07) is 15.3. The summed E-state index contributed by atoms with van der Waals surface area (Å²) in [5.41, 5.74) is 1.36. The van der Waals surface area contributed by atoms with E-state index in [1.54, 1.807) is 37.3 Å². The first-order valence-electron chi connectivity index (χ1n) is 8.99. The summed E-state index contributed by atoms with van der Waals surface area (Å²) in [5, 5.41) is 11.4. The molecule has 0 heterocycles. The van der Waals surface area contributed by atoms with Crippen molar-refractivity contribution in [3.8, 4) is 11.8 Å². The molecule has 0 bridgehead atoms. The van der Waals surface area contributed by atoms with Gasteiger partial charge in [-0.3, -0.25) is 9.59 Å². The maximum absolute atomic E-state index is 12.6. The fourth-order valence-corrected chi connectivity index (χ4v) is 2.71. The summed E-state index contributed by atoms with van der Waals surface area (Å²) < 4.78 is 29.3. The molecule has 2 amide bonds. The zero-order chi connectivity index (χ0) is 21.2. The minimum Gasteiger partial charge on any atom is -0.434 e. The van der Waals surface area contributed by atoms with Crippen LogP contribution in [-0.2, 0) is 9.59 Å². The second-order valence-corrected chi connectivity index (χ2v) is 6.14. The Kier molecular flexibility index (Phi) is 8.10. The van der Waals surface area contributed by atoms with Crippen LogP contribution in [0.25, 0.3) is 0 Å². The molecule has 0 aliphatic rings. The fraction of sp³-hybridized carbons (Fsp3) is 0.286. The minimum absolute atomic E-state index is 0.0272. The highest BCUT2D eigenvalue weighted by atomic mass is 19.3. The molecule has 152 valence electrons. The lowest BCUT2D eigenvalue weighted by Crippen LogP contribution is -2.32. The fourth-order valence-electron chi connectivity index (χ4n) is 2.71. The van der Waals surface area contributed by atoms with Gasteiger partial charge in [0.25, 0.3) is 0 Å². The van der Waals surface area contributed by atoms with Crippen LogP contribution in [0.1, 0.15) is 24.8 Å². The van der Waals surface area contributed by atoms with Crippen molar-refractivity contribution in [3.05, 3.63) is 54.1 Å². The zero-order valence-corrected chi connectivity index (χ0v) is 15.9. The Balaban J connectivity index is 1.99. The number of rotatable bonds is 9. The molecule has 29 heavy (non-hydrogen) atoms. The number of nitrogens with zero attached hydrogens (tertiary/aromatic N) is 2. The molecule has 0 spiro atoms. The molecule has 0 aliphatic heterocycles. The number of carbonyl (C=O) groups is 2. The molecule has 0 atom stereocenters. The van der Waals surface area contributed by atoms with Crippen LogP contribution in [0.15, 0.2) is 48.5 Å². The number of alkyl halides is 2. The Bertz CT molecular complexity index is 882. The summed E-state index contributed by atoms with van der Waals surface area (Å²) in [5.74, 6) is -0.738. The molecular weight excluding hydrogens is 380 g/mol. The summed E-state index contributed by atoms with van der Waals surface area (Å²) in [4.78, 5) is 26.3. The van der Waals surface area contributed by atoms with E-state index in [1.807, 2.05) is 12.1 Å². The van der Waals surface area contributed by atoms with E-state index in [9.17, 15) is 18.4 Å². The number of nitriles is 1. The number of anilines is 2. The van der Waals surface area contributed by atoms with Crippen LogP contribution >= 0.6 is 0 Å². The van der Waals surface area contributed by atoms with Crippen LogP contribution in [0.4, 0.5) is 20.2 Å². The summed E-state index contributed by atoms with van der Waals surface area (Å²) >= 11 is 0. The smallest absolute Gasteiger partial charge is 0.387 e. The molecule has 0 fully saturated rings. The SMILES string of the molecule is Cc1c(NC(=O)CCC(=O)N(CCC#N)c2ccccc2)cccc1OC(F)F. The maximum Gasteiger partial charge on any atom is 0.387 e. The molecule has 6 nitrogen and oxygen atoms in total. The van der Waals surface area contributed by atoms with Gasteiger partial charge in [0, 0.05) is 36.3 Å².